The van der Waals surface area contributed by atoms with Crippen LogP contribution in [0.1, 0.15) is 25.7 Å². The number of benzene rings is 2. The third-order valence-corrected chi connectivity index (χ3v) is 7.67. The zero-order chi connectivity index (χ0) is 26.0. The highest BCUT2D eigenvalue weighted by Gasteiger charge is 2.17. The van der Waals surface area contributed by atoms with Gasteiger partial charge in [-0.1, -0.05) is 41.9 Å². The van der Waals surface area contributed by atoms with E-state index in [0.29, 0.717) is 13.1 Å². The fourth-order valence-corrected chi connectivity index (χ4v) is 5.32. The van der Waals surface area contributed by atoms with E-state index in [1.165, 1.54) is 9.79 Å². The first kappa shape index (κ1) is 30.7. The Morgan fingerprint density at radius 2 is 1.47 bits per heavy atom. The van der Waals surface area contributed by atoms with Gasteiger partial charge >= 0.3 is 0 Å². The minimum absolute atomic E-state index is 0.0622. The first-order valence-electron chi connectivity index (χ1n) is 12.7. The molecule has 0 bridgehead atoms. The van der Waals surface area contributed by atoms with Gasteiger partial charge in [-0.15, -0.1) is 23.5 Å². The van der Waals surface area contributed by atoms with E-state index < -0.39 is 0 Å². The number of hydrogen-bond donors (Lipinski definition) is 1. The highest BCUT2D eigenvalue weighted by atomic mass is 32.2. The summed E-state index contributed by atoms with van der Waals surface area (Å²) in [6, 6.07) is 21.0. The van der Waals surface area contributed by atoms with Gasteiger partial charge in [0.25, 0.3) is 0 Å². The van der Waals surface area contributed by atoms with Crippen molar-refractivity contribution in [1.82, 2.24) is 20.6 Å². The summed E-state index contributed by atoms with van der Waals surface area (Å²) in [5.74, 6) is 1.82. The summed E-state index contributed by atoms with van der Waals surface area (Å²) in [5.41, 5.74) is 4.75. The summed E-state index contributed by atoms with van der Waals surface area (Å²) in [7, 11) is 7.99. The SMILES string of the molecule is CN(C)CCC(CSc1ccccc1)O[N][C@H](CCCCNC(=O)CN(C)C)CSc1ccccc1. The summed E-state index contributed by atoms with van der Waals surface area (Å²) in [5, 5.41) is 3.00. The lowest BCUT2D eigenvalue weighted by molar-refractivity contribution is -0.121. The lowest BCUT2D eigenvalue weighted by Crippen LogP contribution is -2.34. The van der Waals surface area contributed by atoms with Crippen LogP contribution in [0.3, 0.4) is 0 Å². The molecule has 1 radical (unpaired) electrons. The monoisotopic (exact) mass is 531 g/mol. The molecule has 0 aliphatic heterocycles. The van der Waals surface area contributed by atoms with Gasteiger partial charge in [0, 0.05) is 34.4 Å². The molecular formula is C28H43N4O2S2. The van der Waals surface area contributed by atoms with Gasteiger partial charge in [0.15, 0.2) is 0 Å². The molecule has 0 heterocycles. The number of amides is 1. The van der Waals surface area contributed by atoms with Gasteiger partial charge in [0.1, 0.15) is 0 Å². The van der Waals surface area contributed by atoms with E-state index >= 15 is 0 Å². The van der Waals surface area contributed by atoms with E-state index in [1.807, 2.05) is 54.7 Å². The molecule has 0 aromatic heterocycles. The molecule has 8 heteroatoms. The Morgan fingerprint density at radius 3 is 2.06 bits per heavy atom. The van der Waals surface area contributed by atoms with Gasteiger partial charge in [-0.2, -0.15) is 0 Å². The number of likely N-dealkylation sites (N-methyl/N-ethyl adjacent to an activating group) is 1. The van der Waals surface area contributed by atoms with Gasteiger partial charge in [0.2, 0.25) is 5.91 Å². The van der Waals surface area contributed by atoms with E-state index in [4.69, 9.17) is 10.3 Å². The number of hydroxylamine groups is 1. The van der Waals surface area contributed by atoms with Crippen LogP contribution in [0.4, 0.5) is 0 Å². The van der Waals surface area contributed by atoms with E-state index in [-0.39, 0.29) is 18.1 Å². The van der Waals surface area contributed by atoms with Crippen molar-refractivity contribution in [2.24, 2.45) is 0 Å². The lowest BCUT2D eigenvalue weighted by atomic mass is 10.1. The molecule has 2 rings (SSSR count). The third-order valence-electron chi connectivity index (χ3n) is 5.37. The average Bonchev–Trinajstić information content (AvgIpc) is 2.86. The molecule has 0 spiro atoms. The molecule has 1 unspecified atom stereocenters. The molecule has 0 aliphatic rings. The fourth-order valence-electron chi connectivity index (χ4n) is 3.40. The maximum atomic E-state index is 11.9. The summed E-state index contributed by atoms with van der Waals surface area (Å²) >= 11 is 3.64. The van der Waals surface area contributed by atoms with Crippen LogP contribution >= 0.6 is 23.5 Å². The van der Waals surface area contributed by atoms with E-state index in [1.54, 1.807) is 0 Å². The third kappa shape index (κ3) is 14.9. The van der Waals surface area contributed by atoms with Gasteiger partial charge in [-0.25, -0.2) is 0 Å². The first-order valence-corrected chi connectivity index (χ1v) is 14.7. The van der Waals surface area contributed by atoms with Crippen LogP contribution in [0, 0.1) is 0 Å². The predicted molar refractivity (Wildman–Crippen MR) is 154 cm³/mol. The number of nitrogens with one attached hydrogen (secondary N) is 1. The number of carbonyl (C=O) groups excluding carboxylic acids is 1. The zero-order valence-electron chi connectivity index (χ0n) is 22.3. The van der Waals surface area contributed by atoms with Crippen LogP contribution < -0.4 is 10.8 Å². The second-order valence-corrected chi connectivity index (χ2v) is 11.6. The number of nitrogens with zero attached hydrogens (tertiary/aromatic N) is 3. The minimum atomic E-state index is 0.0622. The molecule has 199 valence electrons. The number of thioether (sulfide) groups is 2. The molecule has 0 saturated heterocycles. The van der Waals surface area contributed by atoms with Crippen molar-refractivity contribution in [2.45, 2.75) is 47.6 Å². The van der Waals surface area contributed by atoms with Crippen molar-refractivity contribution in [3.8, 4) is 0 Å². The maximum Gasteiger partial charge on any atom is 0.234 e. The topological polar surface area (TPSA) is 58.9 Å². The summed E-state index contributed by atoms with van der Waals surface area (Å²) in [4.78, 5) is 24.6. The Labute approximate surface area is 226 Å². The van der Waals surface area contributed by atoms with Crippen LogP contribution in [0.5, 0.6) is 0 Å². The highest BCUT2D eigenvalue weighted by molar-refractivity contribution is 7.99. The summed E-state index contributed by atoms with van der Waals surface area (Å²) in [6.07, 6.45) is 3.88. The molecule has 1 N–H and O–H groups in total. The van der Waals surface area contributed by atoms with Crippen molar-refractivity contribution in [1.29, 1.82) is 0 Å². The first-order chi connectivity index (χ1) is 17.4. The van der Waals surface area contributed by atoms with E-state index in [9.17, 15) is 4.79 Å². The van der Waals surface area contributed by atoms with Gasteiger partial charge in [0.05, 0.1) is 18.7 Å². The van der Waals surface area contributed by atoms with Crippen LogP contribution in [-0.4, -0.2) is 87.2 Å². The minimum Gasteiger partial charge on any atom is -0.355 e. The fraction of sp³-hybridized carbons (Fsp3) is 0.536. The molecule has 2 atom stereocenters. The molecule has 0 fully saturated rings. The van der Waals surface area contributed by atoms with Gasteiger partial charge < -0.3 is 15.1 Å². The number of carbonyl (C=O) groups is 1. The molecule has 36 heavy (non-hydrogen) atoms. The summed E-state index contributed by atoms with van der Waals surface area (Å²) < 4.78 is 0. The number of unbranched alkanes of at least 4 members (excludes halogenated alkanes) is 1. The number of rotatable bonds is 19. The highest BCUT2D eigenvalue weighted by Crippen LogP contribution is 2.22. The Hall–Kier alpha value is -1.55. The van der Waals surface area contributed by atoms with Crippen molar-refractivity contribution in [3.63, 3.8) is 0 Å². The molecule has 2 aromatic carbocycles. The maximum absolute atomic E-state index is 11.9. The van der Waals surface area contributed by atoms with E-state index in [2.05, 4.69) is 72.8 Å². The van der Waals surface area contributed by atoms with Crippen LogP contribution in [0.2, 0.25) is 0 Å². The van der Waals surface area contributed by atoms with Crippen molar-refractivity contribution in [3.05, 3.63) is 60.7 Å². The van der Waals surface area contributed by atoms with E-state index in [0.717, 1.165) is 43.7 Å². The van der Waals surface area contributed by atoms with Crippen molar-refractivity contribution in [2.75, 3.05) is 59.3 Å². The van der Waals surface area contributed by atoms with Crippen molar-refractivity contribution < 1.29 is 9.63 Å². The molecule has 0 aliphatic carbocycles. The standard InChI is InChI=1S/C28H43N4O2S2/c1-31(2)20-18-25(23-36-27-16-9-6-10-17-27)34-30-24(22-35-26-14-7-5-8-15-26)13-11-12-19-29-28(33)21-32(3)4/h5-10,14-17,24-25H,11-13,18-23H2,1-4H3,(H,29,33)/t24-,25?/m1/s1. The van der Waals surface area contributed by atoms with Crippen LogP contribution in [0.25, 0.3) is 0 Å². The number of hydrogen-bond acceptors (Lipinski definition) is 6. The molecule has 0 saturated carbocycles. The molecule has 6 nitrogen and oxygen atoms in total. The Morgan fingerprint density at radius 1 is 0.861 bits per heavy atom. The van der Waals surface area contributed by atoms with Crippen molar-refractivity contribution >= 4 is 29.4 Å². The van der Waals surface area contributed by atoms with Crippen LogP contribution in [-0.2, 0) is 9.63 Å². The zero-order valence-corrected chi connectivity index (χ0v) is 23.9. The molecule has 2 aromatic rings. The Kier molecular flexibility index (Phi) is 15.9. The van der Waals surface area contributed by atoms with Crippen LogP contribution in [0.15, 0.2) is 70.5 Å². The smallest absolute Gasteiger partial charge is 0.234 e. The molecular weight excluding hydrogens is 488 g/mol. The second kappa shape index (κ2) is 18.7. The quantitative estimate of drug-likeness (QED) is 0.162. The Balaban J connectivity index is 1.86. The molecule has 1 amide bonds. The van der Waals surface area contributed by atoms with Gasteiger partial charge in [-0.05, 0) is 78.1 Å². The normalized spacial score (nSPS) is 13.2. The van der Waals surface area contributed by atoms with Gasteiger partial charge in [-0.3, -0.25) is 9.63 Å². The predicted octanol–water partition coefficient (Wildman–Crippen LogP) is 4.64. The largest absolute Gasteiger partial charge is 0.355 e. The second-order valence-electron chi connectivity index (χ2n) is 9.41. The summed E-state index contributed by atoms with van der Waals surface area (Å²) in [6.45, 7) is 2.09. The average molecular weight is 532 g/mol. The lowest BCUT2D eigenvalue weighted by Gasteiger charge is -2.22. The Bertz CT molecular complexity index is 825.